The maximum absolute atomic E-state index is 13.0. The Balaban J connectivity index is 0.00000338. The van der Waals surface area contributed by atoms with Crippen molar-refractivity contribution in [1.29, 1.82) is 0 Å². The van der Waals surface area contributed by atoms with Crippen LogP contribution in [0, 0.1) is 23.0 Å². The summed E-state index contributed by atoms with van der Waals surface area (Å²) in [5.41, 5.74) is 5.39. The number of nitrogens with two attached hydrogens (primary N) is 2. The molecule has 1 aromatic carbocycles. The fraction of sp³-hybridized carbons (Fsp3) is 0.533. The molecule has 1 aliphatic heterocycles. The van der Waals surface area contributed by atoms with E-state index in [4.69, 9.17) is 10.9 Å². The molecule has 9 nitrogen and oxygen atoms in total. The maximum atomic E-state index is 13.0. The summed E-state index contributed by atoms with van der Waals surface area (Å²) < 4.78 is 23.3. The van der Waals surface area contributed by atoms with Gasteiger partial charge in [-0.2, -0.15) is 0 Å². The number of nitro groups is 1. The molecular weight excluding hydrogens is 384 g/mol. The fourth-order valence-corrected chi connectivity index (χ4v) is 3.70. The lowest BCUT2D eigenvalue weighted by molar-refractivity contribution is -0.385. The number of benzene rings is 1. The Hall–Kier alpha value is -1.75. The normalized spacial score (nSPS) is 20.4. The number of rotatable bonds is 4. The topological polar surface area (TPSA) is 150 Å². The molecule has 0 aromatic heterocycles. The molecule has 0 radical (unpaired) electrons. The Morgan fingerprint density at radius 2 is 2.04 bits per heavy atom. The van der Waals surface area contributed by atoms with Crippen LogP contribution in [-0.2, 0) is 10.0 Å². The van der Waals surface area contributed by atoms with Gasteiger partial charge in [-0.05, 0) is 31.7 Å². The molecular formula is C15H23ClN4O5S. The number of nitrogens with zero attached hydrogens (tertiary/aromatic N) is 2. The van der Waals surface area contributed by atoms with Crippen LogP contribution in [0.5, 0.6) is 0 Å². The van der Waals surface area contributed by atoms with Crippen molar-refractivity contribution in [3.05, 3.63) is 33.4 Å². The Labute approximate surface area is 158 Å². The summed E-state index contributed by atoms with van der Waals surface area (Å²) in [6.45, 7) is 4.23. The van der Waals surface area contributed by atoms with E-state index in [2.05, 4.69) is 6.92 Å². The molecule has 0 aliphatic carbocycles. The minimum atomic E-state index is -4.19. The van der Waals surface area contributed by atoms with Gasteiger partial charge < -0.3 is 10.6 Å². The van der Waals surface area contributed by atoms with E-state index in [-0.39, 0.29) is 36.1 Å². The molecule has 1 aliphatic rings. The summed E-state index contributed by atoms with van der Waals surface area (Å²) in [5, 5.41) is 16.3. The lowest BCUT2D eigenvalue weighted by atomic mass is 9.91. The molecule has 11 heteroatoms. The number of nitro benzene ring substituents is 1. The maximum Gasteiger partial charge on any atom is 0.274 e. The average Bonchev–Trinajstić information content (AvgIpc) is 2.52. The summed E-state index contributed by atoms with van der Waals surface area (Å²) in [5.74, 6) is -0.0442. The van der Waals surface area contributed by atoms with Gasteiger partial charge in [0.25, 0.3) is 11.6 Å². The van der Waals surface area contributed by atoms with Crippen molar-refractivity contribution < 1.29 is 18.1 Å². The van der Waals surface area contributed by atoms with Crippen LogP contribution < -0.4 is 10.9 Å². The van der Waals surface area contributed by atoms with Crippen LogP contribution in [0.1, 0.15) is 35.7 Å². The summed E-state index contributed by atoms with van der Waals surface area (Å²) >= 11 is 0. The lowest BCUT2D eigenvalue weighted by Crippen LogP contribution is -2.49. The smallest absolute Gasteiger partial charge is 0.274 e. The highest BCUT2D eigenvalue weighted by Crippen LogP contribution is 2.29. The standard InChI is InChI=1S/C15H22N4O5S.ClH/c1-9-3-4-18(11(5-9)8-16)15(20)13-6-12(25(17,23)24)7-14(10(13)2)19(21)22;/h6-7,9,11H,3-5,8,16H2,1-2H3,(H2,17,23,24);1H. The van der Waals surface area contributed by atoms with Crippen molar-refractivity contribution in [3.8, 4) is 0 Å². The van der Waals surface area contributed by atoms with Crippen LogP contribution in [-0.4, -0.2) is 43.3 Å². The molecule has 1 aromatic rings. The van der Waals surface area contributed by atoms with Crippen molar-refractivity contribution in [3.63, 3.8) is 0 Å². The number of primary sulfonamides is 1. The third-order valence-electron chi connectivity index (χ3n) is 4.62. The second kappa shape index (κ2) is 8.30. The molecule has 2 unspecified atom stereocenters. The van der Waals surface area contributed by atoms with Crippen molar-refractivity contribution in [1.82, 2.24) is 4.90 Å². The molecule has 146 valence electrons. The lowest BCUT2D eigenvalue weighted by Gasteiger charge is -2.38. The van der Waals surface area contributed by atoms with Crippen LogP contribution >= 0.6 is 12.4 Å². The van der Waals surface area contributed by atoms with E-state index in [0.29, 0.717) is 12.5 Å². The molecule has 26 heavy (non-hydrogen) atoms. The van der Waals surface area contributed by atoms with Crippen LogP contribution in [0.2, 0.25) is 0 Å². The summed E-state index contributed by atoms with van der Waals surface area (Å²) in [6.07, 6.45) is 1.52. The fourth-order valence-electron chi connectivity index (χ4n) is 3.15. The molecule has 2 rings (SSSR count). The van der Waals surface area contributed by atoms with Gasteiger partial charge in [-0.3, -0.25) is 14.9 Å². The number of hydrogen-bond donors (Lipinski definition) is 2. The number of amides is 1. The Bertz CT molecular complexity index is 814. The number of hydrogen-bond acceptors (Lipinski definition) is 6. The number of sulfonamides is 1. The monoisotopic (exact) mass is 406 g/mol. The highest BCUT2D eigenvalue weighted by Gasteiger charge is 2.32. The third-order valence-corrected chi connectivity index (χ3v) is 5.51. The number of likely N-dealkylation sites (tertiary alicyclic amines) is 1. The van der Waals surface area contributed by atoms with E-state index in [0.717, 1.165) is 25.0 Å². The predicted molar refractivity (Wildman–Crippen MR) is 98.7 cm³/mol. The largest absolute Gasteiger partial charge is 0.334 e. The Kier molecular flexibility index (Phi) is 7.11. The Morgan fingerprint density at radius 3 is 2.54 bits per heavy atom. The van der Waals surface area contributed by atoms with Crippen molar-refractivity contribution in [2.45, 2.75) is 37.6 Å². The number of halogens is 1. The molecule has 0 saturated carbocycles. The van der Waals surface area contributed by atoms with Gasteiger partial charge in [-0.15, -0.1) is 12.4 Å². The van der Waals surface area contributed by atoms with Gasteiger partial charge >= 0.3 is 0 Å². The molecule has 1 amide bonds. The molecule has 1 heterocycles. The van der Waals surface area contributed by atoms with Crippen molar-refractivity contribution in [2.75, 3.05) is 13.1 Å². The predicted octanol–water partition coefficient (Wildman–Crippen LogP) is 1.17. The first-order chi connectivity index (χ1) is 11.6. The summed E-state index contributed by atoms with van der Waals surface area (Å²) in [4.78, 5) is 24.6. The second-order valence-corrected chi connectivity index (χ2v) is 8.00. The zero-order chi connectivity index (χ0) is 18.9. The van der Waals surface area contributed by atoms with Gasteiger partial charge in [-0.25, -0.2) is 13.6 Å². The molecule has 1 fully saturated rings. The van der Waals surface area contributed by atoms with E-state index in [1.54, 1.807) is 4.90 Å². The van der Waals surface area contributed by atoms with Crippen LogP contribution in [0.4, 0.5) is 5.69 Å². The number of carbonyl (C=O) groups excluding carboxylic acids is 1. The van der Waals surface area contributed by atoms with Gasteiger partial charge in [-0.1, -0.05) is 6.92 Å². The minimum Gasteiger partial charge on any atom is -0.334 e. The quantitative estimate of drug-likeness (QED) is 0.565. The molecule has 0 bridgehead atoms. The first-order valence-electron chi connectivity index (χ1n) is 7.89. The zero-order valence-electron chi connectivity index (χ0n) is 14.5. The first kappa shape index (κ1) is 22.3. The summed E-state index contributed by atoms with van der Waals surface area (Å²) in [6, 6.07) is 1.79. The van der Waals surface area contributed by atoms with Crippen LogP contribution in [0.25, 0.3) is 0 Å². The van der Waals surface area contributed by atoms with Crippen LogP contribution in [0.15, 0.2) is 17.0 Å². The third kappa shape index (κ3) is 4.50. The van der Waals surface area contributed by atoms with E-state index in [1.165, 1.54) is 6.92 Å². The summed E-state index contributed by atoms with van der Waals surface area (Å²) in [7, 11) is -4.19. The highest BCUT2D eigenvalue weighted by atomic mass is 35.5. The van der Waals surface area contributed by atoms with Crippen LogP contribution in [0.3, 0.4) is 0 Å². The SMILES string of the molecule is Cc1c(C(=O)N2CCC(C)CC2CN)cc(S(N)(=O)=O)cc1[N+](=O)[O-].Cl. The number of piperidine rings is 1. The van der Waals surface area contributed by atoms with Crippen molar-refractivity contribution in [2.24, 2.45) is 16.8 Å². The van der Waals surface area contributed by atoms with E-state index in [1.807, 2.05) is 0 Å². The van der Waals surface area contributed by atoms with Gasteiger partial charge in [0.15, 0.2) is 0 Å². The van der Waals surface area contributed by atoms with Crippen molar-refractivity contribution >= 4 is 34.0 Å². The van der Waals surface area contributed by atoms with E-state index < -0.39 is 31.4 Å². The zero-order valence-corrected chi connectivity index (χ0v) is 16.2. The molecule has 2 atom stereocenters. The average molecular weight is 407 g/mol. The van der Waals surface area contributed by atoms with Gasteiger partial charge in [0, 0.05) is 30.8 Å². The second-order valence-electron chi connectivity index (χ2n) is 6.43. The highest BCUT2D eigenvalue weighted by molar-refractivity contribution is 7.89. The Morgan fingerprint density at radius 1 is 1.42 bits per heavy atom. The van der Waals surface area contributed by atoms with Gasteiger partial charge in [0.2, 0.25) is 10.0 Å². The first-order valence-corrected chi connectivity index (χ1v) is 9.43. The van der Waals surface area contributed by atoms with E-state index in [9.17, 15) is 23.3 Å². The molecule has 1 saturated heterocycles. The van der Waals surface area contributed by atoms with E-state index >= 15 is 0 Å². The molecule has 0 spiro atoms. The minimum absolute atomic E-state index is 0. The van der Waals surface area contributed by atoms with Gasteiger partial charge in [0.05, 0.1) is 15.4 Å². The number of carbonyl (C=O) groups is 1. The molecule has 4 N–H and O–H groups in total. The van der Waals surface area contributed by atoms with Gasteiger partial charge in [0.1, 0.15) is 0 Å².